The van der Waals surface area contributed by atoms with Gasteiger partial charge in [0.05, 0.1) is 16.7 Å². The monoisotopic (exact) mass is 331 g/mol. The second-order valence-electron chi connectivity index (χ2n) is 7.18. The Morgan fingerprint density at radius 2 is 1.68 bits per heavy atom. The third-order valence-corrected chi connectivity index (χ3v) is 4.86. The third kappa shape index (κ3) is 2.29. The van der Waals surface area contributed by atoms with Crippen LogP contribution in [0.3, 0.4) is 0 Å². The molecule has 0 amide bonds. The van der Waals surface area contributed by atoms with E-state index in [0.29, 0.717) is 5.69 Å². The number of aromatic hydroxyl groups is 1. The summed E-state index contributed by atoms with van der Waals surface area (Å²) < 4.78 is 1.97. The van der Waals surface area contributed by atoms with Crippen LogP contribution in [0, 0.1) is 6.92 Å². The average Bonchev–Trinajstić information content (AvgIpc) is 2.87. The lowest BCUT2D eigenvalue weighted by molar-refractivity contribution is 0.362. The fourth-order valence-corrected chi connectivity index (χ4v) is 3.80. The Morgan fingerprint density at radius 3 is 2.40 bits per heavy atom. The van der Waals surface area contributed by atoms with E-state index in [1.165, 1.54) is 5.57 Å². The zero-order valence-corrected chi connectivity index (χ0v) is 14.9. The maximum absolute atomic E-state index is 11.0. The summed E-state index contributed by atoms with van der Waals surface area (Å²) in [6.45, 7) is 8.35. The van der Waals surface area contributed by atoms with Crippen molar-refractivity contribution in [3.8, 4) is 5.88 Å². The van der Waals surface area contributed by atoms with Gasteiger partial charge in [0.2, 0.25) is 5.88 Å². The van der Waals surface area contributed by atoms with Crippen molar-refractivity contribution >= 4 is 27.9 Å². The predicted octanol–water partition coefficient (Wildman–Crippen LogP) is 6.22. The molecule has 4 heteroatoms. The van der Waals surface area contributed by atoms with Crippen LogP contribution in [-0.4, -0.2) is 9.67 Å². The molecule has 0 saturated heterocycles. The first-order chi connectivity index (χ1) is 11.9. The highest BCUT2D eigenvalue weighted by molar-refractivity contribution is 6.04. The van der Waals surface area contributed by atoms with E-state index < -0.39 is 0 Å². The molecular formula is C21H21N3O. The van der Waals surface area contributed by atoms with Gasteiger partial charge in [-0.05, 0) is 51.0 Å². The van der Waals surface area contributed by atoms with Gasteiger partial charge < -0.3 is 9.67 Å². The summed E-state index contributed by atoms with van der Waals surface area (Å²) in [5.74, 6) is 0.166. The number of aromatic nitrogens is 1. The van der Waals surface area contributed by atoms with Crippen molar-refractivity contribution in [2.45, 2.75) is 33.2 Å². The fourth-order valence-electron chi connectivity index (χ4n) is 3.80. The molecule has 0 atom stereocenters. The molecule has 0 spiro atoms. The lowest BCUT2D eigenvalue weighted by Gasteiger charge is -2.31. The zero-order valence-electron chi connectivity index (χ0n) is 14.9. The average molecular weight is 331 g/mol. The lowest BCUT2D eigenvalue weighted by atomic mass is 9.91. The molecule has 1 aliphatic rings. The molecule has 2 heterocycles. The summed E-state index contributed by atoms with van der Waals surface area (Å²) in [4.78, 5) is 0. The quantitative estimate of drug-likeness (QED) is 0.556. The van der Waals surface area contributed by atoms with Gasteiger partial charge in [-0.2, -0.15) is 5.11 Å². The third-order valence-electron chi connectivity index (χ3n) is 4.86. The van der Waals surface area contributed by atoms with Crippen LogP contribution < -0.4 is 0 Å². The molecule has 4 rings (SSSR count). The summed E-state index contributed by atoms with van der Waals surface area (Å²) >= 11 is 0. The van der Waals surface area contributed by atoms with Gasteiger partial charge in [0.25, 0.3) is 0 Å². The van der Waals surface area contributed by atoms with Crippen molar-refractivity contribution in [3.05, 3.63) is 59.7 Å². The van der Waals surface area contributed by atoms with Gasteiger partial charge in [0.1, 0.15) is 0 Å². The molecule has 0 unspecified atom stereocenters. The molecule has 1 aliphatic heterocycles. The van der Waals surface area contributed by atoms with E-state index in [1.807, 2.05) is 41.8 Å². The van der Waals surface area contributed by atoms with Crippen molar-refractivity contribution < 1.29 is 5.11 Å². The van der Waals surface area contributed by atoms with E-state index in [9.17, 15) is 5.11 Å². The first kappa shape index (κ1) is 15.6. The van der Waals surface area contributed by atoms with Crippen LogP contribution in [0.25, 0.3) is 16.5 Å². The number of hydrogen-bond donors (Lipinski definition) is 1. The smallest absolute Gasteiger partial charge is 0.221 e. The van der Waals surface area contributed by atoms with E-state index in [4.69, 9.17) is 0 Å². The first-order valence-electron chi connectivity index (χ1n) is 8.44. The van der Waals surface area contributed by atoms with E-state index in [1.54, 1.807) is 0 Å². The van der Waals surface area contributed by atoms with Crippen molar-refractivity contribution in [3.63, 3.8) is 0 Å². The number of rotatable bonds is 2. The van der Waals surface area contributed by atoms with Crippen molar-refractivity contribution in [1.82, 2.24) is 4.57 Å². The number of benzene rings is 2. The van der Waals surface area contributed by atoms with Crippen LogP contribution in [0.1, 0.15) is 31.9 Å². The fraction of sp³-hybridized carbons (Fsp3) is 0.238. The van der Waals surface area contributed by atoms with Gasteiger partial charge in [-0.25, -0.2) is 0 Å². The Kier molecular flexibility index (Phi) is 3.32. The van der Waals surface area contributed by atoms with Gasteiger partial charge in [-0.1, -0.05) is 36.4 Å². The topological polar surface area (TPSA) is 49.9 Å². The Balaban J connectivity index is 2.03. The molecule has 0 radical (unpaired) electrons. The van der Waals surface area contributed by atoms with Gasteiger partial charge in [0, 0.05) is 10.9 Å². The van der Waals surface area contributed by atoms with Crippen LogP contribution in [0.4, 0.5) is 11.4 Å². The van der Waals surface area contributed by atoms with Gasteiger partial charge in [0.15, 0.2) is 5.69 Å². The first-order valence-corrected chi connectivity index (χ1v) is 8.44. The minimum atomic E-state index is -0.326. The number of nitrogens with zero attached hydrogens (tertiary/aromatic N) is 3. The van der Waals surface area contributed by atoms with Crippen molar-refractivity contribution in [1.29, 1.82) is 0 Å². The maximum Gasteiger partial charge on any atom is 0.221 e. The molecule has 0 fully saturated rings. The molecule has 126 valence electrons. The summed E-state index contributed by atoms with van der Waals surface area (Å²) in [5, 5.41) is 20.7. The van der Waals surface area contributed by atoms with Crippen LogP contribution in [-0.2, 0) is 5.54 Å². The Morgan fingerprint density at radius 1 is 0.960 bits per heavy atom. The second kappa shape index (κ2) is 5.31. The SMILES string of the molecule is CC1=CC(C)(C)n2c(O)c(N=Nc3ccccc3)c3c(C)ccc1c32. The molecule has 0 bridgehead atoms. The molecule has 25 heavy (non-hydrogen) atoms. The van der Waals surface area contributed by atoms with Crippen molar-refractivity contribution in [2.75, 3.05) is 0 Å². The number of aryl methyl sites for hydroxylation is 1. The van der Waals surface area contributed by atoms with Gasteiger partial charge >= 0.3 is 0 Å². The Bertz CT molecular complexity index is 1040. The standard InChI is InChI=1S/C21H21N3O/c1-13-10-11-16-14(2)12-21(3,4)24-19(16)17(13)18(20(24)25)23-22-15-8-6-5-7-9-15/h5-12,25H,1-4H3. The number of azo groups is 1. The minimum absolute atomic E-state index is 0.166. The van der Waals surface area contributed by atoms with E-state index in [0.717, 1.165) is 27.7 Å². The molecule has 3 aromatic rings. The summed E-state index contributed by atoms with van der Waals surface area (Å²) in [5.41, 5.74) is 5.44. The number of allylic oxidation sites excluding steroid dienone is 2. The van der Waals surface area contributed by atoms with Crippen LogP contribution >= 0.6 is 0 Å². The number of hydrogen-bond acceptors (Lipinski definition) is 3. The summed E-state index contributed by atoms with van der Waals surface area (Å²) in [7, 11) is 0. The van der Waals surface area contributed by atoms with Crippen molar-refractivity contribution in [2.24, 2.45) is 10.2 Å². The van der Waals surface area contributed by atoms with Gasteiger partial charge in [-0.15, -0.1) is 5.11 Å². The van der Waals surface area contributed by atoms with E-state index in [-0.39, 0.29) is 11.4 Å². The highest BCUT2D eigenvalue weighted by Gasteiger charge is 2.32. The largest absolute Gasteiger partial charge is 0.493 e. The second-order valence-corrected chi connectivity index (χ2v) is 7.18. The van der Waals surface area contributed by atoms with E-state index >= 15 is 0 Å². The zero-order chi connectivity index (χ0) is 17.8. The van der Waals surface area contributed by atoms with Crippen LogP contribution in [0.2, 0.25) is 0 Å². The Hall–Kier alpha value is -2.88. The summed E-state index contributed by atoms with van der Waals surface area (Å²) in [6, 6.07) is 13.8. The molecule has 1 aromatic heterocycles. The molecular weight excluding hydrogens is 310 g/mol. The maximum atomic E-state index is 11.0. The molecule has 4 nitrogen and oxygen atoms in total. The molecule has 1 N–H and O–H groups in total. The highest BCUT2D eigenvalue weighted by atomic mass is 16.3. The van der Waals surface area contributed by atoms with Gasteiger partial charge in [-0.3, -0.25) is 0 Å². The molecule has 2 aromatic carbocycles. The van der Waals surface area contributed by atoms with E-state index in [2.05, 4.69) is 49.2 Å². The normalized spacial score (nSPS) is 15.8. The molecule has 0 aliphatic carbocycles. The lowest BCUT2D eigenvalue weighted by Crippen LogP contribution is -2.26. The van der Waals surface area contributed by atoms with Crippen LogP contribution in [0.15, 0.2) is 58.8 Å². The summed E-state index contributed by atoms with van der Waals surface area (Å²) in [6.07, 6.45) is 2.18. The van der Waals surface area contributed by atoms with Crippen LogP contribution in [0.5, 0.6) is 5.88 Å². The Labute approximate surface area is 147 Å². The molecule has 0 saturated carbocycles. The highest BCUT2D eigenvalue weighted by Crippen LogP contribution is 2.49. The minimum Gasteiger partial charge on any atom is -0.493 e. The predicted molar refractivity (Wildman–Crippen MR) is 102 cm³/mol.